The molecule has 2 N–H and O–H groups in total. The highest BCUT2D eigenvalue weighted by Gasteiger charge is 2.13. The summed E-state index contributed by atoms with van der Waals surface area (Å²) in [7, 11) is 3.33. The number of methoxy groups -OCH3 is 1. The summed E-state index contributed by atoms with van der Waals surface area (Å²) in [4.78, 5) is 26.2. The number of hydrogen-bond acceptors (Lipinski definition) is 5. The Morgan fingerprint density at radius 2 is 1.76 bits per heavy atom. The van der Waals surface area contributed by atoms with E-state index < -0.39 is 5.91 Å². The number of rotatable bonds is 9. The van der Waals surface area contributed by atoms with Crippen LogP contribution in [0.3, 0.4) is 0 Å². The molecule has 156 valence electrons. The maximum atomic E-state index is 12.4. The van der Waals surface area contributed by atoms with Gasteiger partial charge in [0.1, 0.15) is 0 Å². The van der Waals surface area contributed by atoms with Crippen LogP contribution in [0.15, 0.2) is 48.5 Å². The van der Waals surface area contributed by atoms with Crippen molar-refractivity contribution in [3.8, 4) is 11.5 Å². The van der Waals surface area contributed by atoms with E-state index in [0.717, 1.165) is 12.1 Å². The van der Waals surface area contributed by atoms with Gasteiger partial charge in [0, 0.05) is 18.3 Å². The summed E-state index contributed by atoms with van der Waals surface area (Å²) < 4.78 is 11.0. The topological polar surface area (TPSA) is 79.9 Å². The minimum absolute atomic E-state index is 0.107. The molecule has 0 aromatic heterocycles. The number of para-hydroxylation sites is 1. The molecule has 0 fully saturated rings. The fourth-order valence-corrected chi connectivity index (χ4v) is 2.56. The zero-order valence-electron chi connectivity index (χ0n) is 17.4. The van der Waals surface area contributed by atoms with Crippen LogP contribution >= 0.6 is 0 Å². The standard InChI is InChI=1S/C22H29N3O4/c1-16(2)12-13-29-19-11-10-17(14-20(19)28-4)22(27)24-23-21(26)15-25(3)18-8-6-5-7-9-18/h5-11,14,16H,12-13,15H2,1-4H3,(H,23,26)(H,24,27). The molecule has 0 aliphatic carbocycles. The molecule has 0 bridgehead atoms. The molecule has 0 heterocycles. The van der Waals surface area contributed by atoms with Gasteiger partial charge in [-0.15, -0.1) is 0 Å². The van der Waals surface area contributed by atoms with Crippen LogP contribution in [0.5, 0.6) is 11.5 Å². The van der Waals surface area contributed by atoms with Crippen LogP contribution in [0.2, 0.25) is 0 Å². The minimum atomic E-state index is -0.437. The molecule has 0 radical (unpaired) electrons. The van der Waals surface area contributed by atoms with Gasteiger partial charge in [-0.05, 0) is 42.7 Å². The van der Waals surface area contributed by atoms with Gasteiger partial charge in [-0.25, -0.2) is 0 Å². The summed E-state index contributed by atoms with van der Waals surface area (Å²) in [6.45, 7) is 4.93. The summed E-state index contributed by atoms with van der Waals surface area (Å²) in [5.74, 6) is 0.823. The second kappa shape index (κ2) is 10.9. The van der Waals surface area contributed by atoms with Gasteiger partial charge in [0.25, 0.3) is 11.8 Å². The third-order valence-corrected chi connectivity index (χ3v) is 4.27. The molecule has 2 amide bonds. The van der Waals surface area contributed by atoms with E-state index in [2.05, 4.69) is 24.7 Å². The van der Waals surface area contributed by atoms with Crippen LogP contribution in [0.1, 0.15) is 30.6 Å². The number of benzene rings is 2. The molecular weight excluding hydrogens is 370 g/mol. The molecular formula is C22H29N3O4. The van der Waals surface area contributed by atoms with E-state index in [4.69, 9.17) is 9.47 Å². The predicted molar refractivity (Wildman–Crippen MR) is 113 cm³/mol. The molecule has 0 unspecified atom stereocenters. The molecule has 7 nitrogen and oxygen atoms in total. The van der Waals surface area contributed by atoms with E-state index in [9.17, 15) is 9.59 Å². The minimum Gasteiger partial charge on any atom is -0.493 e. The van der Waals surface area contributed by atoms with Gasteiger partial charge in [0.05, 0.1) is 20.3 Å². The summed E-state index contributed by atoms with van der Waals surface area (Å²) in [6.07, 6.45) is 0.925. The first-order valence-electron chi connectivity index (χ1n) is 9.57. The molecule has 0 atom stereocenters. The normalized spacial score (nSPS) is 10.4. The number of hydrogen-bond donors (Lipinski definition) is 2. The van der Waals surface area contributed by atoms with Crippen LogP contribution < -0.4 is 25.2 Å². The van der Waals surface area contributed by atoms with Crippen molar-refractivity contribution in [1.29, 1.82) is 0 Å². The Morgan fingerprint density at radius 1 is 1.03 bits per heavy atom. The first kappa shape index (κ1) is 22.1. The number of carbonyl (C=O) groups excluding carboxylic acids is 2. The van der Waals surface area contributed by atoms with Crippen molar-refractivity contribution < 1.29 is 19.1 Å². The van der Waals surface area contributed by atoms with E-state index in [-0.39, 0.29) is 12.5 Å². The van der Waals surface area contributed by atoms with Crippen LogP contribution in [0, 0.1) is 5.92 Å². The van der Waals surface area contributed by atoms with Crippen molar-refractivity contribution in [1.82, 2.24) is 10.9 Å². The quantitative estimate of drug-likeness (QED) is 0.634. The highest BCUT2D eigenvalue weighted by Crippen LogP contribution is 2.28. The summed E-state index contributed by atoms with van der Waals surface area (Å²) in [5, 5.41) is 0. The zero-order chi connectivity index (χ0) is 21.2. The predicted octanol–water partition coefficient (Wildman–Crippen LogP) is 3.02. The molecule has 0 saturated heterocycles. The fourth-order valence-electron chi connectivity index (χ4n) is 2.56. The van der Waals surface area contributed by atoms with Gasteiger partial charge in [0.15, 0.2) is 11.5 Å². The average Bonchev–Trinajstić information content (AvgIpc) is 2.72. The molecule has 0 aliphatic heterocycles. The molecule has 0 spiro atoms. The van der Waals surface area contributed by atoms with Crippen LogP contribution in [0.4, 0.5) is 5.69 Å². The number of anilines is 1. The van der Waals surface area contributed by atoms with Crippen molar-refractivity contribution in [2.75, 3.05) is 32.2 Å². The number of carbonyl (C=O) groups is 2. The van der Waals surface area contributed by atoms with Gasteiger partial charge < -0.3 is 14.4 Å². The Bertz CT molecular complexity index is 809. The molecule has 0 saturated carbocycles. The Labute approximate surface area is 172 Å². The third kappa shape index (κ3) is 7.03. The third-order valence-electron chi connectivity index (χ3n) is 4.27. The number of likely N-dealkylation sites (N-methyl/N-ethyl adjacent to an activating group) is 1. The fraction of sp³-hybridized carbons (Fsp3) is 0.364. The summed E-state index contributed by atoms with van der Waals surface area (Å²) in [6, 6.07) is 14.4. The average molecular weight is 399 g/mol. The van der Waals surface area contributed by atoms with Crippen molar-refractivity contribution in [3.63, 3.8) is 0 Å². The molecule has 7 heteroatoms. The summed E-state index contributed by atoms with van der Waals surface area (Å²) >= 11 is 0. The van der Waals surface area contributed by atoms with Crippen molar-refractivity contribution in [2.45, 2.75) is 20.3 Å². The molecule has 2 rings (SSSR count). The molecule has 0 aliphatic rings. The smallest absolute Gasteiger partial charge is 0.269 e. The lowest BCUT2D eigenvalue weighted by Gasteiger charge is -2.18. The second-order valence-electron chi connectivity index (χ2n) is 7.09. The van der Waals surface area contributed by atoms with Gasteiger partial charge in [-0.3, -0.25) is 20.4 Å². The first-order valence-corrected chi connectivity index (χ1v) is 9.57. The SMILES string of the molecule is COc1cc(C(=O)NNC(=O)CN(C)c2ccccc2)ccc1OCCC(C)C. The highest BCUT2D eigenvalue weighted by atomic mass is 16.5. The Balaban J connectivity index is 1.88. The van der Waals surface area contributed by atoms with Gasteiger partial charge in [-0.2, -0.15) is 0 Å². The number of nitrogens with zero attached hydrogens (tertiary/aromatic N) is 1. The van der Waals surface area contributed by atoms with Crippen molar-refractivity contribution in [2.24, 2.45) is 5.92 Å². The maximum Gasteiger partial charge on any atom is 0.269 e. The highest BCUT2D eigenvalue weighted by molar-refractivity contribution is 5.96. The van der Waals surface area contributed by atoms with Crippen molar-refractivity contribution in [3.05, 3.63) is 54.1 Å². The van der Waals surface area contributed by atoms with Gasteiger partial charge in [0.2, 0.25) is 0 Å². The van der Waals surface area contributed by atoms with Crippen LogP contribution in [0.25, 0.3) is 0 Å². The van der Waals surface area contributed by atoms with Crippen molar-refractivity contribution >= 4 is 17.5 Å². The van der Waals surface area contributed by atoms with E-state index in [1.807, 2.05) is 30.3 Å². The van der Waals surface area contributed by atoms with Crippen LogP contribution in [-0.4, -0.2) is 39.1 Å². The Hall–Kier alpha value is -3.22. The number of amides is 2. The Morgan fingerprint density at radius 3 is 2.41 bits per heavy atom. The van der Waals surface area contributed by atoms with E-state index in [1.54, 1.807) is 30.1 Å². The van der Waals surface area contributed by atoms with E-state index in [1.165, 1.54) is 7.11 Å². The maximum absolute atomic E-state index is 12.4. The second-order valence-corrected chi connectivity index (χ2v) is 7.09. The lowest BCUT2D eigenvalue weighted by Crippen LogP contribution is -2.45. The van der Waals surface area contributed by atoms with E-state index >= 15 is 0 Å². The van der Waals surface area contributed by atoms with Gasteiger partial charge in [-0.1, -0.05) is 32.0 Å². The zero-order valence-corrected chi connectivity index (χ0v) is 17.4. The Kier molecular flexibility index (Phi) is 8.33. The largest absolute Gasteiger partial charge is 0.493 e. The van der Waals surface area contributed by atoms with Gasteiger partial charge >= 0.3 is 0 Å². The molecule has 29 heavy (non-hydrogen) atoms. The molecule has 2 aromatic rings. The molecule has 2 aromatic carbocycles. The lowest BCUT2D eigenvalue weighted by atomic mass is 10.1. The lowest BCUT2D eigenvalue weighted by molar-refractivity contribution is -0.120. The van der Waals surface area contributed by atoms with E-state index in [0.29, 0.717) is 29.6 Å². The first-order chi connectivity index (χ1) is 13.9. The summed E-state index contributed by atoms with van der Waals surface area (Å²) in [5.41, 5.74) is 6.12. The monoisotopic (exact) mass is 399 g/mol. The number of nitrogens with one attached hydrogen (secondary N) is 2. The number of hydrazine groups is 1. The number of ether oxygens (including phenoxy) is 2. The van der Waals surface area contributed by atoms with Crippen LogP contribution in [-0.2, 0) is 4.79 Å².